The highest BCUT2D eigenvalue weighted by atomic mass is 16.4. The molecule has 4 saturated carbocycles. The summed E-state index contributed by atoms with van der Waals surface area (Å²) in [4.78, 5) is 4.67. The van der Waals surface area contributed by atoms with Gasteiger partial charge in [-0.05, 0) is 61.7 Å². The van der Waals surface area contributed by atoms with Crippen molar-refractivity contribution in [3.05, 3.63) is 17.3 Å². The highest BCUT2D eigenvalue weighted by Gasteiger charge is 2.50. The minimum Gasteiger partial charge on any atom is -0.444 e. The molecule has 5 rings (SSSR count). The smallest absolute Gasteiger partial charge is 0.208 e. The minimum atomic E-state index is 0.424. The van der Waals surface area contributed by atoms with E-state index in [0.717, 1.165) is 29.6 Å². The second-order valence-corrected chi connectivity index (χ2v) is 7.67. The van der Waals surface area contributed by atoms with E-state index in [0.29, 0.717) is 18.4 Å². The van der Waals surface area contributed by atoms with Crippen LogP contribution in [-0.4, -0.2) is 4.98 Å². The van der Waals surface area contributed by atoms with Crippen LogP contribution in [-0.2, 0) is 6.54 Å². The lowest BCUT2D eigenvalue weighted by Crippen LogP contribution is -2.43. The third-order valence-electron chi connectivity index (χ3n) is 5.98. The Hall–Kier alpha value is -0.830. The molecule has 4 aliphatic rings. The van der Waals surface area contributed by atoms with Crippen LogP contribution >= 0.6 is 0 Å². The van der Waals surface area contributed by atoms with Crippen molar-refractivity contribution in [1.29, 1.82) is 0 Å². The van der Waals surface area contributed by atoms with Gasteiger partial charge in [-0.1, -0.05) is 13.8 Å². The Kier molecular flexibility index (Phi) is 2.95. The van der Waals surface area contributed by atoms with E-state index in [-0.39, 0.29) is 0 Å². The van der Waals surface area contributed by atoms with Crippen LogP contribution in [0.25, 0.3) is 0 Å². The Morgan fingerprint density at radius 1 is 1.10 bits per heavy atom. The topological polar surface area (TPSA) is 52.0 Å². The molecule has 3 heteroatoms. The normalized spacial score (nSPS) is 38.9. The summed E-state index contributed by atoms with van der Waals surface area (Å²) < 4.78 is 6.12. The number of rotatable bonds is 3. The average molecular weight is 274 g/mol. The van der Waals surface area contributed by atoms with Crippen molar-refractivity contribution < 1.29 is 4.42 Å². The van der Waals surface area contributed by atoms with E-state index in [4.69, 9.17) is 10.2 Å². The summed E-state index contributed by atoms with van der Waals surface area (Å²) in [5.41, 5.74) is 6.93. The van der Waals surface area contributed by atoms with Crippen LogP contribution in [0.5, 0.6) is 0 Å². The van der Waals surface area contributed by atoms with Crippen molar-refractivity contribution in [2.24, 2.45) is 29.4 Å². The van der Waals surface area contributed by atoms with E-state index in [1.807, 2.05) is 0 Å². The summed E-state index contributed by atoms with van der Waals surface area (Å²) in [5, 5.41) is 0. The van der Waals surface area contributed by atoms with Gasteiger partial charge >= 0.3 is 0 Å². The Morgan fingerprint density at radius 3 is 2.20 bits per heavy atom. The molecule has 1 aromatic rings. The predicted octanol–water partition coefficient (Wildman–Crippen LogP) is 3.80. The molecule has 0 radical (unpaired) electrons. The zero-order chi connectivity index (χ0) is 13.9. The van der Waals surface area contributed by atoms with Crippen LogP contribution in [0.2, 0.25) is 0 Å². The molecule has 4 bridgehead atoms. The summed E-state index contributed by atoms with van der Waals surface area (Å²) in [6.07, 6.45) is 7.20. The summed E-state index contributed by atoms with van der Waals surface area (Å²) in [7, 11) is 0. The zero-order valence-electron chi connectivity index (χ0n) is 12.6. The number of nitrogens with two attached hydrogens (primary N) is 1. The molecule has 0 spiro atoms. The Labute approximate surface area is 121 Å². The highest BCUT2D eigenvalue weighted by Crippen LogP contribution is 2.60. The number of aromatic nitrogens is 1. The van der Waals surface area contributed by atoms with Crippen LogP contribution in [0.3, 0.4) is 0 Å². The van der Waals surface area contributed by atoms with Crippen molar-refractivity contribution >= 4 is 0 Å². The van der Waals surface area contributed by atoms with Gasteiger partial charge in [-0.3, -0.25) is 0 Å². The van der Waals surface area contributed by atoms with Crippen LogP contribution < -0.4 is 5.73 Å². The Morgan fingerprint density at radius 2 is 1.70 bits per heavy atom. The molecule has 1 heterocycles. The van der Waals surface area contributed by atoms with Gasteiger partial charge in [0.05, 0.1) is 12.2 Å². The summed E-state index contributed by atoms with van der Waals surface area (Å²) in [6, 6.07) is 0. The van der Waals surface area contributed by atoms with Gasteiger partial charge in [-0.2, -0.15) is 0 Å². The van der Waals surface area contributed by atoms with Gasteiger partial charge in [0, 0.05) is 5.92 Å². The maximum absolute atomic E-state index is 6.12. The first-order valence-corrected chi connectivity index (χ1v) is 8.35. The first-order valence-electron chi connectivity index (χ1n) is 8.35. The van der Waals surface area contributed by atoms with Gasteiger partial charge in [0.2, 0.25) is 5.89 Å². The van der Waals surface area contributed by atoms with E-state index >= 15 is 0 Å². The van der Waals surface area contributed by atoms with E-state index in [1.165, 1.54) is 43.6 Å². The minimum absolute atomic E-state index is 0.424. The van der Waals surface area contributed by atoms with Gasteiger partial charge in [-0.25, -0.2) is 4.98 Å². The zero-order valence-corrected chi connectivity index (χ0v) is 12.6. The molecular formula is C17H26N2O. The summed E-state index contributed by atoms with van der Waals surface area (Å²) in [5.74, 6) is 6.72. The van der Waals surface area contributed by atoms with Gasteiger partial charge < -0.3 is 10.2 Å². The fraction of sp³-hybridized carbons (Fsp3) is 0.824. The molecule has 4 aliphatic carbocycles. The number of nitrogens with zero attached hydrogens (tertiary/aromatic N) is 1. The third-order valence-corrected chi connectivity index (χ3v) is 5.98. The predicted molar refractivity (Wildman–Crippen MR) is 78.3 cm³/mol. The molecule has 110 valence electrons. The van der Waals surface area contributed by atoms with E-state index in [9.17, 15) is 0 Å². The van der Waals surface area contributed by atoms with Crippen molar-refractivity contribution in [2.75, 3.05) is 0 Å². The molecule has 0 saturated heterocycles. The Bertz CT molecular complexity index is 477. The number of oxazole rings is 1. The van der Waals surface area contributed by atoms with Crippen molar-refractivity contribution in [3.8, 4) is 0 Å². The number of hydrogen-bond donors (Lipinski definition) is 1. The summed E-state index contributed by atoms with van der Waals surface area (Å²) in [6.45, 7) is 4.86. The van der Waals surface area contributed by atoms with Crippen molar-refractivity contribution in [3.63, 3.8) is 0 Å². The Balaban J connectivity index is 1.72. The molecule has 2 N–H and O–H groups in total. The second-order valence-electron chi connectivity index (χ2n) is 7.67. The lowest BCUT2D eigenvalue weighted by atomic mass is 9.51. The standard InChI is InChI=1S/C17H26N2O/c1-9(2)16-17(20-14(8-18)19-16)15-12-4-10-3-11(6-12)7-13(15)5-10/h9-13,15H,3-8,18H2,1-2H3. The van der Waals surface area contributed by atoms with Crippen molar-refractivity contribution in [1.82, 2.24) is 4.98 Å². The maximum atomic E-state index is 6.12. The van der Waals surface area contributed by atoms with E-state index < -0.39 is 0 Å². The largest absolute Gasteiger partial charge is 0.444 e. The van der Waals surface area contributed by atoms with Gasteiger partial charge in [0.15, 0.2) is 0 Å². The molecule has 3 nitrogen and oxygen atoms in total. The average Bonchev–Trinajstić information content (AvgIpc) is 2.81. The van der Waals surface area contributed by atoms with E-state index in [2.05, 4.69) is 18.8 Å². The molecule has 4 fully saturated rings. The van der Waals surface area contributed by atoms with Crippen LogP contribution in [0.4, 0.5) is 0 Å². The van der Waals surface area contributed by atoms with Crippen LogP contribution in [0, 0.1) is 23.7 Å². The fourth-order valence-corrected chi connectivity index (χ4v) is 5.48. The molecule has 0 aliphatic heterocycles. The summed E-state index contributed by atoms with van der Waals surface area (Å²) >= 11 is 0. The van der Waals surface area contributed by atoms with Gasteiger partial charge in [0.1, 0.15) is 5.76 Å². The highest BCUT2D eigenvalue weighted by molar-refractivity contribution is 5.23. The lowest BCUT2D eigenvalue weighted by Gasteiger charge is -2.53. The maximum Gasteiger partial charge on any atom is 0.208 e. The monoisotopic (exact) mass is 274 g/mol. The molecule has 0 atom stereocenters. The first kappa shape index (κ1) is 12.9. The number of hydrogen-bond acceptors (Lipinski definition) is 3. The lowest BCUT2D eigenvalue weighted by molar-refractivity contribution is -0.0103. The second kappa shape index (κ2) is 4.59. The van der Waals surface area contributed by atoms with Crippen LogP contribution in [0.1, 0.15) is 75.1 Å². The fourth-order valence-electron chi connectivity index (χ4n) is 5.48. The van der Waals surface area contributed by atoms with Gasteiger partial charge in [-0.15, -0.1) is 0 Å². The quantitative estimate of drug-likeness (QED) is 0.912. The van der Waals surface area contributed by atoms with E-state index in [1.54, 1.807) is 0 Å². The molecule has 0 amide bonds. The van der Waals surface area contributed by atoms with Crippen LogP contribution in [0.15, 0.2) is 4.42 Å². The first-order chi connectivity index (χ1) is 9.65. The molecule has 0 unspecified atom stereocenters. The molecule has 20 heavy (non-hydrogen) atoms. The molecule has 1 aromatic heterocycles. The third kappa shape index (κ3) is 1.86. The van der Waals surface area contributed by atoms with Crippen molar-refractivity contribution in [2.45, 2.75) is 64.3 Å². The molecule has 0 aromatic carbocycles. The molecular weight excluding hydrogens is 248 g/mol. The van der Waals surface area contributed by atoms with Gasteiger partial charge in [0.25, 0.3) is 0 Å². The SMILES string of the molecule is CC(C)c1nc(CN)oc1C1C2CC3CC(C2)CC1C3.